The quantitative estimate of drug-likeness (QED) is 0.265. The van der Waals surface area contributed by atoms with Gasteiger partial charge < -0.3 is 9.84 Å². The van der Waals surface area contributed by atoms with E-state index in [0.717, 1.165) is 32.1 Å². The highest BCUT2D eigenvalue weighted by molar-refractivity contribution is 7.85. The lowest BCUT2D eigenvalue weighted by atomic mass is 9.46. The Balaban J connectivity index is 1.34. The molecule has 36 heavy (non-hydrogen) atoms. The van der Waals surface area contributed by atoms with Crippen LogP contribution in [0.5, 0.6) is 0 Å². The summed E-state index contributed by atoms with van der Waals surface area (Å²) in [5.41, 5.74) is 0.705. The van der Waals surface area contributed by atoms with E-state index in [1.807, 2.05) is 6.08 Å². The minimum absolute atomic E-state index is 0.0868. The fourth-order valence-electron chi connectivity index (χ4n) is 8.27. The predicted molar refractivity (Wildman–Crippen MR) is 132 cm³/mol. The van der Waals surface area contributed by atoms with Crippen molar-refractivity contribution in [3.8, 4) is 0 Å². The number of ether oxygens (including phenoxy) is 1. The smallest absolute Gasteiger partial charge is 0.306 e. The number of rotatable bonds is 9. The highest BCUT2D eigenvalue weighted by atomic mass is 32.2. The van der Waals surface area contributed by atoms with Gasteiger partial charge in [-0.05, 0) is 86.0 Å². The van der Waals surface area contributed by atoms with Gasteiger partial charge in [-0.15, -0.1) is 0 Å². The zero-order valence-corrected chi connectivity index (χ0v) is 22.2. The first-order valence-corrected chi connectivity index (χ1v) is 15.0. The van der Waals surface area contributed by atoms with Crippen molar-refractivity contribution in [1.29, 1.82) is 0 Å². The Morgan fingerprint density at radius 2 is 1.86 bits per heavy atom. The van der Waals surface area contributed by atoms with E-state index < -0.39 is 22.2 Å². The maximum atomic E-state index is 13.2. The topological polar surface area (TPSA) is 135 Å². The number of fused-ring (bicyclic) bond motifs is 5. The number of unbranched alkanes of at least 4 members (excludes halogenated alkanes) is 2. The Bertz CT molecular complexity index is 1030. The first kappa shape index (κ1) is 27.5. The summed E-state index contributed by atoms with van der Waals surface area (Å²) in [7, 11) is -3.99. The number of carbonyl (C=O) groups excluding carboxylic acids is 3. The van der Waals surface area contributed by atoms with E-state index in [0.29, 0.717) is 37.5 Å². The van der Waals surface area contributed by atoms with Crippen molar-refractivity contribution in [3.05, 3.63) is 11.6 Å². The highest BCUT2D eigenvalue weighted by Crippen LogP contribution is 2.66. The lowest BCUT2D eigenvalue weighted by molar-refractivity contribution is -0.155. The van der Waals surface area contributed by atoms with E-state index in [1.165, 1.54) is 5.57 Å². The van der Waals surface area contributed by atoms with Gasteiger partial charge >= 0.3 is 5.97 Å². The maximum absolute atomic E-state index is 13.2. The highest BCUT2D eigenvalue weighted by Gasteiger charge is 2.62. The predicted octanol–water partition coefficient (Wildman–Crippen LogP) is 3.67. The standard InChI is InChI=1S/C27H40O8S/c1-26-12-11-18(28)14-17(26)7-8-19-20-9-10-21(27(20,2)15-22(29)25(19)26)23(30)16-35-24(31)6-4-3-5-13-36(32,33)34/h14,19-22,25,29H,3-13,15-16H2,1-2H3,(H,32,33,34)/t19-,20-,21+,22-,25+,26-,27-/m0/s1. The molecule has 4 aliphatic rings. The van der Waals surface area contributed by atoms with Crippen molar-refractivity contribution >= 4 is 27.7 Å². The van der Waals surface area contributed by atoms with Crippen LogP contribution in [-0.2, 0) is 29.2 Å². The molecule has 7 atom stereocenters. The van der Waals surface area contributed by atoms with Gasteiger partial charge in [-0.2, -0.15) is 8.42 Å². The molecule has 0 aromatic carbocycles. The van der Waals surface area contributed by atoms with E-state index >= 15 is 0 Å². The molecule has 0 spiro atoms. The van der Waals surface area contributed by atoms with Crippen molar-refractivity contribution in [2.24, 2.45) is 34.5 Å². The molecule has 9 heteroatoms. The minimum Gasteiger partial charge on any atom is -0.458 e. The number of aliphatic hydroxyl groups is 1. The Morgan fingerprint density at radius 3 is 2.58 bits per heavy atom. The molecular formula is C27H40O8S. The van der Waals surface area contributed by atoms with Crippen LogP contribution in [0.1, 0.15) is 84.5 Å². The molecular weight excluding hydrogens is 484 g/mol. The van der Waals surface area contributed by atoms with Gasteiger partial charge in [-0.1, -0.05) is 25.8 Å². The first-order chi connectivity index (χ1) is 16.8. The number of Topliss-reactive ketones (excluding diaryl/α,β-unsaturated/α-hetero) is 1. The van der Waals surface area contributed by atoms with Crippen molar-refractivity contribution in [2.75, 3.05) is 12.4 Å². The normalized spacial score (nSPS) is 37.9. The van der Waals surface area contributed by atoms with Crippen LogP contribution in [0.4, 0.5) is 0 Å². The third-order valence-corrected chi connectivity index (χ3v) is 10.7. The molecule has 4 aliphatic carbocycles. The monoisotopic (exact) mass is 524 g/mol. The van der Waals surface area contributed by atoms with Crippen molar-refractivity contribution in [3.63, 3.8) is 0 Å². The lowest BCUT2D eigenvalue weighted by Crippen LogP contribution is -2.57. The van der Waals surface area contributed by atoms with Gasteiger partial charge in [0.15, 0.2) is 11.6 Å². The average molecular weight is 525 g/mol. The lowest BCUT2D eigenvalue weighted by Gasteiger charge is -2.59. The van der Waals surface area contributed by atoms with Crippen molar-refractivity contribution in [1.82, 2.24) is 0 Å². The third-order valence-electron chi connectivity index (χ3n) is 9.94. The van der Waals surface area contributed by atoms with Crippen LogP contribution in [0.25, 0.3) is 0 Å². The van der Waals surface area contributed by atoms with Crippen molar-refractivity contribution < 1.29 is 37.2 Å². The van der Waals surface area contributed by atoms with E-state index in [4.69, 9.17) is 9.29 Å². The van der Waals surface area contributed by atoms with E-state index in [-0.39, 0.29) is 59.4 Å². The second kappa shape index (κ2) is 10.3. The third kappa shape index (κ3) is 5.34. The second-order valence-corrected chi connectivity index (χ2v) is 13.6. The van der Waals surface area contributed by atoms with Gasteiger partial charge in [0.1, 0.15) is 6.61 Å². The number of esters is 1. The molecule has 0 unspecified atom stereocenters. The number of carbonyl (C=O) groups is 3. The summed E-state index contributed by atoms with van der Waals surface area (Å²) in [5.74, 6) is -0.206. The van der Waals surface area contributed by atoms with E-state index in [1.54, 1.807) is 0 Å². The maximum Gasteiger partial charge on any atom is 0.306 e. The zero-order chi connectivity index (χ0) is 26.3. The molecule has 0 saturated heterocycles. The van der Waals surface area contributed by atoms with Crippen LogP contribution >= 0.6 is 0 Å². The Kier molecular flexibility index (Phi) is 7.85. The summed E-state index contributed by atoms with van der Waals surface area (Å²) in [4.78, 5) is 37.3. The summed E-state index contributed by atoms with van der Waals surface area (Å²) in [6, 6.07) is 0. The molecule has 2 N–H and O–H groups in total. The fraction of sp³-hybridized carbons (Fsp3) is 0.815. The largest absolute Gasteiger partial charge is 0.458 e. The Morgan fingerprint density at radius 1 is 1.11 bits per heavy atom. The molecule has 0 aromatic rings. The van der Waals surface area contributed by atoms with Crippen LogP contribution in [0.15, 0.2) is 11.6 Å². The van der Waals surface area contributed by atoms with Crippen LogP contribution in [-0.4, -0.2) is 54.1 Å². The van der Waals surface area contributed by atoms with Crippen molar-refractivity contribution in [2.45, 2.75) is 90.6 Å². The van der Waals surface area contributed by atoms with Gasteiger partial charge in [-0.3, -0.25) is 18.9 Å². The van der Waals surface area contributed by atoms with E-state index in [2.05, 4.69) is 13.8 Å². The summed E-state index contributed by atoms with van der Waals surface area (Å²) in [6.45, 7) is 4.07. The number of allylic oxidation sites excluding steroid dienone is 1. The van der Waals surface area contributed by atoms with Crippen LogP contribution < -0.4 is 0 Å². The molecule has 8 nitrogen and oxygen atoms in total. The Hall–Kier alpha value is -1.58. The van der Waals surface area contributed by atoms with Gasteiger partial charge in [0, 0.05) is 18.8 Å². The SMILES string of the molecule is C[C@]12C[C@H](O)[C@H]3[C@@H](CCC4=CC(=O)CC[C@@]43C)[C@@H]1CC[C@@H]2C(=O)COC(=O)CCCCCS(=O)(=O)O. The van der Waals surface area contributed by atoms with Gasteiger partial charge in [0.2, 0.25) is 0 Å². The van der Waals surface area contributed by atoms with E-state index in [9.17, 15) is 27.9 Å². The molecule has 3 fully saturated rings. The van der Waals surface area contributed by atoms with Gasteiger partial charge in [0.25, 0.3) is 10.1 Å². The molecule has 0 bridgehead atoms. The molecule has 0 amide bonds. The number of ketones is 2. The van der Waals surface area contributed by atoms with Crippen LogP contribution in [0.3, 0.4) is 0 Å². The summed E-state index contributed by atoms with van der Waals surface area (Å²) >= 11 is 0. The van der Waals surface area contributed by atoms with Gasteiger partial charge in [-0.25, -0.2) is 0 Å². The first-order valence-electron chi connectivity index (χ1n) is 13.4. The average Bonchev–Trinajstić information content (AvgIpc) is 3.13. The zero-order valence-electron chi connectivity index (χ0n) is 21.4. The molecule has 0 radical (unpaired) electrons. The molecule has 3 saturated carbocycles. The second-order valence-electron chi connectivity index (χ2n) is 12.0. The Labute approximate surface area is 214 Å². The molecule has 0 heterocycles. The molecule has 202 valence electrons. The summed E-state index contributed by atoms with van der Waals surface area (Å²) in [5, 5.41) is 11.4. The minimum atomic E-state index is -3.99. The summed E-state index contributed by atoms with van der Waals surface area (Å²) < 4.78 is 35.5. The number of aliphatic hydroxyl groups excluding tert-OH is 1. The summed E-state index contributed by atoms with van der Waals surface area (Å²) in [6.07, 6.45) is 7.91. The molecule has 4 rings (SSSR count). The number of hydrogen-bond donors (Lipinski definition) is 2. The molecule has 0 aliphatic heterocycles. The van der Waals surface area contributed by atoms with Crippen LogP contribution in [0.2, 0.25) is 0 Å². The van der Waals surface area contributed by atoms with Crippen LogP contribution in [0, 0.1) is 34.5 Å². The van der Waals surface area contributed by atoms with Gasteiger partial charge in [0.05, 0.1) is 11.9 Å². The number of hydrogen-bond acceptors (Lipinski definition) is 7. The molecule has 0 aromatic heterocycles. The fourth-order valence-corrected chi connectivity index (χ4v) is 8.84.